The monoisotopic (exact) mass is 378 g/mol. The van der Waals surface area contributed by atoms with Crippen LogP contribution in [-0.4, -0.2) is 31.4 Å². The van der Waals surface area contributed by atoms with Crippen LogP contribution in [0, 0.1) is 0 Å². The van der Waals surface area contributed by atoms with Crippen LogP contribution < -0.4 is 11.2 Å². The Bertz CT molecular complexity index is 1150. The first kappa shape index (κ1) is 18.2. The Balaban J connectivity index is 1.74. The minimum absolute atomic E-state index is 0.122. The summed E-state index contributed by atoms with van der Waals surface area (Å²) in [6.07, 6.45) is 3.66. The zero-order valence-electron chi connectivity index (χ0n) is 15.9. The summed E-state index contributed by atoms with van der Waals surface area (Å²) in [5.74, 6) is -0.122. The van der Waals surface area contributed by atoms with Crippen molar-refractivity contribution in [3.63, 3.8) is 0 Å². The van der Waals surface area contributed by atoms with E-state index in [9.17, 15) is 14.4 Å². The van der Waals surface area contributed by atoms with Crippen LogP contribution in [0.5, 0.6) is 0 Å². The lowest BCUT2D eigenvalue weighted by molar-refractivity contribution is 0.0670. The van der Waals surface area contributed by atoms with Gasteiger partial charge in [0.25, 0.3) is 11.5 Å². The topological polar surface area (TPSA) is 88.1 Å². The Morgan fingerprint density at radius 2 is 2.07 bits per heavy atom. The molecule has 0 bridgehead atoms. The molecule has 1 aliphatic rings. The molecule has 2 aromatic heterocycles. The second-order valence-corrected chi connectivity index (χ2v) is 7.11. The molecule has 2 heterocycles. The fourth-order valence-corrected chi connectivity index (χ4v) is 3.60. The van der Waals surface area contributed by atoms with Gasteiger partial charge in [0, 0.05) is 24.3 Å². The maximum Gasteiger partial charge on any atom is 0.328 e. The van der Waals surface area contributed by atoms with Gasteiger partial charge in [0.1, 0.15) is 0 Å². The Morgan fingerprint density at radius 1 is 1.29 bits per heavy atom. The number of hydrogen-bond acceptors (Lipinski definition) is 4. The molecule has 7 heteroatoms. The second kappa shape index (κ2) is 7.07. The Kier molecular flexibility index (Phi) is 4.58. The minimum atomic E-state index is -0.467. The van der Waals surface area contributed by atoms with Crippen molar-refractivity contribution in [2.24, 2.45) is 0 Å². The molecule has 28 heavy (non-hydrogen) atoms. The predicted octanol–water partition coefficient (Wildman–Crippen LogP) is 2.47. The van der Waals surface area contributed by atoms with Crippen molar-refractivity contribution in [1.82, 2.24) is 19.4 Å². The van der Waals surface area contributed by atoms with Gasteiger partial charge in [0.15, 0.2) is 0 Å². The molecule has 0 spiro atoms. The van der Waals surface area contributed by atoms with E-state index in [-0.39, 0.29) is 23.6 Å². The van der Waals surface area contributed by atoms with Gasteiger partial charge in [-0.1, -0.05) is 6.07 Å². The van der Waals surface area contributed by atoms with E-state index in [1.165, 1.54) is 0 Å². The Hall–Kier alpha value is -3.22. The van der Waals surface area contributed by atoms with Crippen molar-refractivity contribution >= 4 is 16.8 Å². The van der Waals surface area contributed by atoms with E-state index >= 15 is 0 Å². The van der Waals surface area contributed by atoms with Gasteiger partial charge in [0.05, 0.1) is 22.6 Å². The predicted molar refractivity (Wildman–Crippen MR) is 106 cm³/mol. The summed E-state index contributed by atoms with van der Waals surface area (Å²) >= 11 is 0. The first-order valence-electron chi connectivity index (χ1n) is 9.51. The standard InChI is InChI=1S/C21H22N4O3/c1-3-24-20(27)16-10-7-14(12-18(16)23-21(24)28)19(26)25(15-8-9-15)13(2)17-6-4-5-11-22-17/h4-7,10-13,15H,3,8-9H2,1-2H3,(H,23,28). The Morgan fingerprint density at radius 3 is 2.71 bits per heavy atom. The number of nitrogens with zero attached hydrogens (tertiary/aromatic N) is 3. The zero-order chi connectivity index (χ0) is 19.8. The van der Waals surface area contributed by atoms with Gasteiger partial charge in [-0.25, -0.2) is 4.79 Å². The smallest absolute Gasteiger partial charge is 0.327 e. The first-order chi connectivity index (χ1) is 13.5. The lowest BCUT2D eigenvalue weighted by Crippen LogP contribution is -2.36. The summed E-state index contributed by atoms with van der Waals surface area (Å²) in [7, 11) is 0. The number of fused-ring (bicyclic) bond motifs is 1. The SMILES string of the molecule is CCn1c(=O)[nH]c2cc(C(=O)N(C3CC3)C(C)c3ccccn3)ccc2c1=O. The molecule has 1 saturated carbocycles. The summed E-state index contributed by atoms with van der Waals surface area (Å²) in [6, 6.07) is 10.6. The molecule has 144 valence electrons. The van der Waals surface area contributed by atoms with Gasteiger partial charge in [-0.15, -0.1) is 0 Å². The van der Waals surface area contributed by atoms with E-state index in [0.717, 1.165) is 23.1 Å². The molecular weight excluding hydrogens is 356 g/mol. The third-order valence-corrected chi connectivity index (χ3v) is 5.25. The molecule has 1 fully saturated rings. The van der Waals surface area contributed by atoms with Crippen molar-refractivity contribution in [2.75, 3.05) is 0 Å². The van der Waals surface area contributed by atoms with Gasteiger partial charge in [-0.2, -0.15) is 0 Å². The second-order valence-electron chi connectivity index (χ2n) is 7.11. The summed E-state index contributed by atoms with van der Waals surface area (Å²) in [4.78, 5) is 46.8. The van der Waals surface area contributed by atoms with Crippen molar-refractivity contribution in [2.45, 2.75) is 45.3 Å². The number of rotatable bonds is 5. The van der Waals surface area contributed by atoms with Crippen molar-refractivity contribution in [1.29, 1.82) is 0 Å². The largest absolute Gasteiger partial charge is 0.328 e. The molecule has 0 radical (unpaired) electrons. The number of aromatic amines is 1. The molecule has 0 aliphatic heterocycles. The Labute approximate surface area is 161 Å². The van der Waals surface area contributed by atoms with Gasteiger partial charge in [-0.05, 0) is 57.0 Å². The van der Waals surface area contributed by atoms with Crippen molar-refractivity contribution in [3.05, 3.63) is 74.7 Å². The van der Waals surface area contributed by atoms with E-state index in [2.05, 4.69) is 9.97 Å². The maximum atomic E-state index is 13.3. The van der Waals surface area contributed by atoms with Crippen LogP contribution in [0.15, 0.2) is 52.2 Å². The molecule has 1 atom stereocenters. The molecule has 0 saturated heterocycles. The maximum absolute atomic E-state index is 13.3. The van der Waals surface area contributed by atoms with Crippen molar-refractivity contribution in [3.8, 4) is 0 Å². The lowest BCUT2D eigenvalue weighted by atomic mass is 10.1. The molecule has 1 amide bonds. The molecule has 1 N–H and O–H groups in total. The van der Waals surface area contributed by atoms with Gasteiger partial charge < -0.3 is 9.88 Å². The number of amides is 1. The van der Waals surface area contributed by atoms with E-state index in [1.807, 2.05) is 30.0 Å². The van der Waals surface area contributed by atoms with Crippen LogP contribution in [0.1, 0.15) is 48.8 Å². The summed E-state index contributed by atoms with van der Waals surface area (Å²) in [5.41, 5.74) is 0.854. The molecule has 4 rings (SSSR count). The molecule has 1 aromatic carbocycles. The highest BCUT2D eigenvalue weighted by Gasteiger charge is 2.37. The van der Waals surface area contributed by atoms with E-state index in [0.29, 0.717) is 23.0 Å². The highest BCUT2D eigenvalue weighted by molar-refractivity contribution is 5.98. The van der Waals surface area contributed by atoms with E-state index in [1.54, 1.807) is 31.3 Å². The van der Waals surface area contributed by atoms with Crippen LogP contribution in [0.2, 0.25) is 0 Å². The van der Waals surface area contributed by atoms with Gasteiger partial charge in [0.2, 0.25) is 0 Å². The third-order valence-electron chi connectivity index (χ3n) is 5.25. The highest BCUT2D eigenvalue weighted by Crippen LogP contribution is 2.35. The number of carbonyl (C=O) groups excluding carboxylic acids is 1. The summed E-state index contributed by atoms with van der Waals surface area (Å²) in [5, 5.41) is 0.397. The molecule has 1 unspecified atom stereocenters. The van der Waals surface area contributed by atoms with Gasteiger partial charge >= 0.3 is 5.69 Å². The summed E-state index contributed by atoms with van der Waals surface area (Å²) in [6.45, 7) is 4.01. The minimum Gasteiger partial charge on any atom is -0.327 e. The van der Waals surface area contributed by atoms with Crippen LogP contribution in [0.3, 0.4) is 0 Å². The average Bonchev–Trinajstić information content (AvgIpc) is 3.53. The van der Waals surface area contributed by atoms with Crippen LogP contribution in [0.25, 0.3) is 10.9 Å². The summed E-state index contributed by atoms with van der Waals surface area (Å²) < 4.78 is 1.14. The lowest BCUT2D eigenvalue weighted by Gasteiger charge is -2.29. The number of carbonyl (C=O) groups is 1. The number of nitrogens with one attached hydrogen (secondary N) is 1. The zero-order valence-corrected chi connectivity index (χ0v) is 15.9. The number of H-pyrrole nitrogens is 1. The highest BCUT2D eigenvalue weighted by atomic mass is 16.2. The first-order valence-corrected chi connectivity index (χ1v) is 9.51. The van der Waals surface area contributed by atoms with Gasteiger partial charge in [-0.3, -0.25) is 19.1 Å². The number of benzene rings is 1. The molecule has 7 nitrogen and oxygen atoms in total. The van der Waals surface area contributed by atoms with E-state index < -0.39 is 5.69 Å². The molecule has 1 aliphatic carbocycles. The van der Waals surface area contributed by atoms with E-state index in [4.69, 9.17) is 0 Å². The number of pyridine rings is 1. The normalized spacial score (nSPS) is 14.8. The fourth-order valence-electron chi connectivity index (χ4n) is 3.60. The van der Waals surface area contributed by atoms with Crippen LogP contribution in [-0.2, 0) is 6.54 Å². The number of hydrogen-bond donors (Lipinski definition) is 1. The average molecular weight is 378 g/mol. The molecule has 3 aromatic rings. The quantitative estimate of drug-likeness (QED) is 0.739. The third kappa shape index (κ3) is 3.13. The van der Waals surface area contributed by atoms with Crippen molar-refractivity contribution < 1.29 is 4.79 Å². The number of aromatic nitrogens is 3. The fraction of sp³-hybridized carbons (Fsp3) is 0.333. The van der Waals surface area contributed by atoms with Crippen LogP contribution in [0.4, 0.5) is 0 Å². The van der Waals surface area contributed by atoms with Crippen LogP contribution >= 0.6 is 0 Å². The molecular formula is C21H22N4O3.